The van der Waals surface area contributed by atoms with E-state index in [0.29, 0.717) is 11.7 Å². The van der Waals surface area contributed by atoms with Crippen LogP contribution in [-0.4, -0.2) is 24.2 Å². The maximum absolute atomic E-state index is 5.52. The van der Waals surface area contributed by atoms with Gasteiger partial charge in [-0.25, -0.2) is 4.98 Å². The summed E-state index contributed by atoms with van der Waals surface area (Å²) in [5.41, 5.74) is 6.21. The van der Waals surface area contributed by atoms with Crippen molar-refractivity contribution in [3.63, 3.8) is 0 Å². The van der Waals surface area contributed by atoms with E-state index in [2.05, 4.69) is 10.3 Å². The number of nitrogens with zero attached hydrogens (tertiary/aromatic N) is 1. The summed E-state index contributed by atoms with van der Waals surface area (Å²) in [6.07, 6.45) is 2.70. The third-order valence-corrected chi connectivity index (χ3v) is 2.07. The molecule has 4 heteroatoms. The van der Waals surface area contributed by atoms with Crippen molar-refractivity contribution >= 4 is 11.5 Å². The molecule has 2 heterocycles. The normalized spacial score (nSPS) is 21.7. The van der Waals surface area contributed by atoms with Crippen molar-refractivity contribution in [3.05, 3.63) is 18.3 Å². The van der Waals surface area contributed by atoms with Crippen LogP contribution in [0.15, 0.2) is 18.3 Å². The Morgan fingerprint density at radius 1 is 1.54 bits per heavy atom. The number of anilines is 2. The molecule has 0 bridgehead atoms. The standard InChI is InChI=1S/C9H13N3O/c10-7-1-2-9(11-5-7)12-8-3-4-13-6-8/h1-2,5,8H,3-4,6,10H2,(H,11,12). The molecule has 4 nitrogen and oxygen atoms in total. The van der Waals surface area contributed by atoms with Gasteiger partial charge < -0.3 is 15.8 Å². The van der Waals surface area contributed by atoms with Gasteiger partial charge >= 0.3 is 0 Å². The molecule has 0 aromatic carbocycles. The van der Waals surface area contributed by atoms with Crippen LogP contribution in [0.5, 0.6) is 0 Å². The number of aromatic nitrogens is 1. The molecule has 1 aromatic heterocycles. The molecule has 70 valence electrons. The summed E-state index contributed by atoms with van der Waals surface area (Å²) in [4.78, 5) is 4.15. The summed E-state index contributed by atoms with van der Waals surface area (Å²) in [5, 5.41) is 3.28. The first kappa shape index (κ1) is 8.31. The maximum atomic E-state index is 5.52. The van der Waals surface area contributed by atoms with Crippen molar-refractivity contribution in [2.45, 2.75) is 12.5 Å². The number of rotatable bonds is 2. The highest BCUT2D eigenvalue weighted by Gasteiger charge is 2.14. The Morgan fingerprint density at radius 3 is 3.08 bits per heavy atom. The molecule has 1 aliphatic rings. The van der Waals surface area contributed by atoms with Crippen LogP contribution in [0.1, 0.15) is 6.42 Å². The SMILES string of the molecule is Nc1ccc(NC2CCOC2)nc1. The van der Waals surface area contributed by atoms with Gasteiger partial charge in [-0.1, -0.05) is 0 Å². The summed E-state index contributed by atoms with van der Waals surface area (Å²) in [5.74, 6) is 0.865. The van der Waals surface area contributed by atoms with Crippen molar-refractivity contribution in [2.24, 2.45) is 0 Å². The minimum Gasteiger partial charge on any atom is -0.397 e. The van der Waals surface area contributed by atoms with Gasteiger partial charge in [0.25, 0.3) is 0 Å². The minimum atomic E-state index is 0.399. The molecule has 0 spiro atoms. The van der Waals surface area contributed by atoms with Gasteiger partial charge in [-0.05, 0) is 18.6 Å². The summed E-state index contributed by atoms with van der Waals surface area (Å²) in [6.45, 7) is 1.61. The lowest BCUT2D eigenvalue weighted by molar-refractivity contribution is 0.195. The van der Waals surface area contributed by atoms with E-state index in [1.165, 1.54) is 0 Å². The van der Waals surface area contributed by atoms with E-state index in [4.69, 9.17) is 10.5 Å². The number of nitrogens with two attached hydrogens (primary N) is 1. The number of ether oxygens (including phenoxy) is 1. The van der Waals surface area contributed by atoms with Crippen molar-refractivity contribution < 1.29 is 4.74 Å². The first-order valence-electron chi connectivity index (χ1n) is 4.40. The fourth-order valence-electron chi connectivity index (χ4n) is 1.35. The number of nitrogens with one attached hydrogen (secondary N) is 1. The quantitative estimate of drug-likeness (QED) is 0.707. The summed E-state index contributed by atoms with van der Waals surface area (Å²) in [6, 6.07) is 4.12. The smallest absolute Gasteiger partial charge is 0.126 e. The molecular weight excluding hydrogens is 166 g/mol. The van der Waals surface area contributed by atoms with E-state index in [1.54, 1.807) is 6.20 Å². The van der Waals surface area contributed by atoms with Crippen LogP contribution in [0, 0.1) is 0 Å². The van der Waals surface area contributed by atoms with Crippen molar-refractivity contribution in [1.29, 1.82) is 0 Å². The Bertz CT molecular complexity index is 267. The van der Waals surface area contributed by atoms with Gasteiger partial charge in [0.15, 0.2) is 0 Å². The fraction of sp³-hybridized carbons (Fsp3) is 0.444. The zero-order valence-corrected chi connectivity index (χ0v) is 7.36. The number of hydrogen-bond donors (Lipinski definition) is 2. The molecule has 0 amide bonds. The molecule has 1 atom stereocenters. The monoisotopic (exact) mass is 179 g/mol. The molecule has 2 rings (SSSR count). The first-order chi connectivity index (χ1) is 6.34. The van der Waals surface area contributed by atoms with Crippen LogP contribution >= 0.6 is 0 Å². The number of pyridine rings is 1. The van der Waals surface area contributed by atoms with Crippen molar-refractivity contribution in [3.8, 4) is 0 Å². The van der Waals surface area contributed by atoms with Crippen LogP contribution in [0.25, 0.3) is 0 Å². The summed E-state index contributed by atoms with van der Waals surface area (Å²) >= 11 is 0. The van der Waals surface area contributed by atoms with Gasteiger partial charge in [0.1, 0.15) is 5.82 Å². The van der Waals surface area contributed by atoms with Gasteiger partial charge in [-0.2, -0.15) is 0 Å². The van der Waals surface area contributed by atoms with Gasteiger partial charge in [0, 0.05) is 6.61 Å². The average Bonchev–Trinajstić information content (AvgIpc) is 2.62. The van der Waals surface area contributed by atoms with Crippen LogP contribution in [0.2, 0.25) is 0 Å². The summed E-state index contributed by atoms with van der Waals surface area (Å²) < 4.78 is 5.24. The zero-order valence-electron chi connectivity index (χ0n) is 7.36. The molecule has 1 unspecified atom stereocenters. The van der Waals surface area contributed by atoms with E-state index in [1.807, 2.05) is 12.1 Å². The number of nitrogen functional groups attached to an aromatic ring is 1. The second-order valence-corrected chi connectivity index (χ2v) is 3.18. The maximum Gasteiger partial charge on any atom is 0.126 e. The average molecular weight is 179 g/mol. The van der Waals surface area contributed by atoms with Crippen LogP contribution in [-0.2, 0) is 4.74 Å². The van der Waals surface area contributed by atoms with Gasteiger partial charge in [0.2, 0.25) is 0 Å². The molecule has 1 saturated heterocycles. The summed E-state index contributed by atoms with van der Waals surface area (Å²) in [7, 11) is 0. The Labute approximate surface area is 77.1 Å². The van der Waals surface area contributed by atoms with E-state index in [-0.39, 0.29) is 0 Å². The van der Waals surface area contributed by atoms with E-state index in [0.717, 1.165) is 25.5 Å². The largest absolute Gasteiger partial charge is 0.397 e. The first-order valence-corrected chi connectivity index (χ1v) is 4.40. The Hall–Kier alpha value is -1.29. The highest BCUT2D eigenvalue weighted by molar-refractivity contribution is 5.44. The predicted octanol–water partition coefficient (Wildman–Crippen LogP) is 0.865. The Balaban J connectivity index is 1.97. The molecule has 13 heavy (non-hydrogen) atoms. The molecule has 0 saturated carbocycles. The van der Waals surface area contributed by atoms with Gasteiger partial charge in [-0.3, -0.25) is 0 Å². The van der Waals surface area contributed by atoms with Gasteiger partial charge in [0.05, 0.1) is 24.5 Å². The predicted molar refractivity (Wildman–Crippen MR) is 51.5 cm³/mol. The molecule has 1 fully saturated rings. The lowest BCUT2D eigenvalue weighted by atomic mass is 10.2. The minimum absolute atomic E-state index is 0.399. The topological polar surface area (TPSA) is 60.2 Å². The lowest BCUT2D eigenvalue weighted by Gasteiger charge is -2.10. The highest BCUT2D eigenvalue weighted by atomic mass is 16.5. The molecule has 0 aliphatic carbocycles. The third kappa shape index (κ3) is 2.09. The van der Waals surface area contributed by atoms with E-state index >= 15 is 0 Å². The van der Waals surface area contributed by atoms with Crippen LogP contribution < -0.4 is 11.1 Å². The third-order valence-electron chi connectivity index (χ3n) is 2.07. The van der Waals surface area contributed by atoms with Crippen LogP contribution in [0.3, 0.4) is 0 Å². The fourth-order valence-corrected chi connectivity index (χ4v) is 1.35. The molecule has 1 aromatic rings. The van der Waals surface area contributed by atoms with Crippen molar-refractivity contribution in [2.75, 3.05) is 24.3 Å². The molecule has 1 aliphatic heterocycles. The molecule has 0 radical (unpaired) electrons. The van der Waals surface area contributed by atoms with Crippen molar-refractivity contribution in [1.82, 2.24) is 4.98 Å². The Kier molecular flexibility index (Phi) is 2.31. The van der Waals surface area contributed by atoms with Gasteiger partial charge in [-0.15, -0.1) is 0 Å². The second kappa shape index (κ2) is 3.62. The van der Waals surface area contributed by atoms with Crippen LogP contribution in [0.4, 0.5) is 11.5 Å². The van der Waals surface area contributed by atoms with E-state index < -0.39 is 0 Å². The lowest BCUT2D eigenvalue weighted by Crippen LogP contribution is -2.19. The van der Waals surface area contributed by atoms with E-state index in [9.17, 15) is 0 Å². The molecular formula is C9H13N3O. The Morgan fingerprint density at radius 2 is 2.46 bits per heavy atom. The number of hydrogen-bond acceptors (Lipinski definition) is 4. The zero-order chi connectivity index (χ0) is 9.10. The highest BCUT2D eigenvalue weighted by Crippen LogP contribution is 2.12. The molecule has 3 N–H and O–H groups in total. The second-order valence-electron chi connectivity index (χ2n) is 3.18.